The highest BCUT2D eigenvalue weighted by Crippen LogP contribution is 2.21. The normalized spacial score (nSPS) is 10.2. The molecule has 28 heavy (non-hydrogen) atoms. The van der Waals surface area contributed by atoms with Crippen molar-refractivity contribution >= 4 is 23.2 Å². The molecule has 0 saturated heterocycles. The van der Waals surface area contributed by atoms with E-state index in [1.807, 2.05) is 0 Å². The van der Waals surface area contributed by atoms with Gasteiger partial charge in [-0.2, -0.15) is 0 Å². The third-order valence-corrected chi connectivity index (χ3v) is 4.07. The predicted molar refractivity (Wildman–Crippen MR) is 108 cm³/mol. The quantitative estimate of drug-likeness (QED) is 0.610. The van der Waals surface area contributed by atoms with E-state index in [0.717, 1.165) is 5.56 Å². The van der Waals surface area contributed by atoms with E-state index in [2.05, 4.69) is 10.6 Å². The molecule has 0 spiro atoms. The van der Waals surface area contributed by atoms with Crippen LogP contribution in [0.2, 0.25) is 0 Å². The van der Waals surface area contributed by atoms with Gasteiger partial charge < -0.3 is 20.5 Å². The Kier molecular flexibility index (Phi) is 5.91. The monoisotopic (exact) mass is 376 g/mol. The smallest absolute Gasteiger partial charge is 0.257 e. The number of para-hydroxylation sites is 1. The molecule has 0 heterocycles. The Labute approximate surface area is 162 Å². The molecule has 0 radical (unpaired) electrons. The van der Waals surface area contributed by atoms with Gasteiger partial charge in [-0.1, -0.05) is 30.3 Å². The second-order valence-corrected chi connectivity index (χ2v) is 6.12. The van der Waals surface area contributed by atoms with Crippen LogP contribution in [0.15, 0.2) is 72.8 Å². The van der Waals surface area contributed by atoms with Crippen molar-refractivity contribution in [3.63, 3.8) is 0 Å². The van der Waals surface area contributed by atoms with Gasteiger partial charge >= 0.3 is 0 Å². The average Bonchev–Trinajstić information content (AvgIpc) is 2.70. The summed E-state index contributed by atoms with van der Waals surface area (Å²) in [6, 6.07) is 20.2. The minimum Gasteiger partial charge on any atom is -0.508 e. The van der Waals surface area contributed by atoms with Crippen molar-refractivity contribution in [2.75, 3.05) is 17.7 Å². The lowest BCUT2D eigenvalue weighted by molar-refractivity contribution is -0.115. The van der Waals surface area contributed by atoms with Crippen LogP contribution in [0.4, 0.5) is 11.4 Å². The topological polar surface area (TPSA) is 87.7 Å². The van der Waals surface area contributed by atoms with Crippen LogP contribution in [0.25, 0.3) is 0 Å². The van der Waals surface area contributed by atoms with Crippen LogP contribution in [-0.4, -0.2) is 24.0 Å². The number of hydrogen-bond acceptors (Lipinski definition) is 4. The maximum atomic E-state index is 12.7. The molecule has 0 aromatic heterocycles. The van der Waals surface area contributed by atoms with Gasteiger partial charge in [-0.3, -0.25) is 9.59 Å². The second kappa shape index (κ2) is 8.73. The SMILES string of the molecule is COc1cccc(NC(=O)c2ccccc2NC(=O)Cc2ccc(O)cc2)c1. The van der Waals surface area contributed by atoms with Gasteiger partial charge in [-0.15, -0.1) is 0 Å². The molecular weight excluding hydrogens is 356 g/mol. The molecule has 142 valence electrons. The van der Waals surface area contributed by atoms with E-state index in [1.54, 1.807) is 67.8 Å². The number of phenols is 1. The standard InChI is InChI=1S/C22H20N2O4/c1-28-18-6-4-5-16(14-18)23-22(27)19-7-2-3-8-20(19)24-21(26)13-15-9-11-17(25)12-10-15/h2-12,14,25H,13H2,1H3,(H,23,27)(H,24,26). The molecule has 0 aliphatic carbocycles. The molecule has 3 N–H and O–H groups in total. The maximum Gasteiger partial charge on any atom is 0.257 e. The van der Waals surface area contributed by atoms with Gasteiger partial charge in [0.05, 0.1) is 24.8 Å². The largest absolute Gasteiger partial charge is 0.508 e. The van der Waals surface area contributed by atoms with Crippen molar-refractivity contribution in [2.24, 2.45) is 0 Å². The highest BCUT2D eigenvalue weighted by atomic mass is 16.5. The number of aromatic hydroxyl groups is 1. The molecule has 0 atom stereocenters. The molecule has 3 aromatic carbocycles. The van der Waals surface area contributed by atoms with Gasteiger partial charge in [-0.05, 0) is 42.0 Å². The number of anilines is 2. The molecule has 0 aliphatic rings. The molecule has 0 fully saturated rings. The van der Waals surface area contributed by atoms with Crippen LogP contribution >= 0.6 is 0 Å². The van der Waals surface area contributed by atoms with Crippen molar-refractivity contribution in [3.8, 4) is 11.5 Å². The Hall–Kier alpha value is -3.80. The van der Waals surface area contributed by atoms with Gasteiger partial charge in [0.1, 0.15) is 11.5 Å². The number of methoxy groups -OCH3 is 1. The highest BCUT2D eigenvalue weighted by molar-refractivity contribution is 6.10. The third kappa shape index (κ3) is 4.88. The van der Waals surface area contributed by atoms with Crippen molar-refractivity contribution < 1.29 is 19.4 Å². The third-order valence-electron chi connectivity index (χ3n) is 4.07. The number of rotatable bonds is 6. The summed E-state index contributed by atoms with van der Waals surface area (Å²) in [5.41, 5.74) is 2.12. The fourth-order valence-electron chi connectivity index (χ4n) is 2.68. The summed E-state index contributed by atoms with van der Waals surface area (Å²) in [7, 11) is 1.56. The van der Waals surface area contributed by atoms with Gasteiger partial charge in [0, 0.05) is 11.8 Å². The number of phenolic OH excluding ortho intramolecular Hbond substituents is 1. The van der Waals surface area contributed by atoms with E-state index in [0.29, 0.717) is 22.7 Å². The van der Waals surface area contributed by atoms with Gasteiger partial charge in [0.15, 0.2) is 0 Å². The number of benzene rings is 3. The first-order chi connectivity index (χ1) is 13.5. The maximum absolute atomic E-state index is 12.7. The minimum absolute atomic E-state index is 0.131. The van der Waals surface area contributed by atoms with E-state index in [1.165, 1.54) is 12.1 Å². The van der Waals surface area contributed by atoms with Crippen molar-refractivity contribution in [1.82, 2.24) is 0 Å². The second-order valence-electron chi connectivity index (χ2n) is 6.12. The van der Waals surface area contributed by atoms with E-state index >= 15 is 0 Å². The van der Waals surface area contributed by atoms with Crippen LogP contribution < -0.4 is 15.4 Å². The van der Waals surface area contributed by atoms with Crippen LogP contribution in [-0.2, 0) is 11.2 Å². The van der Waals surface area contributed by atoms with Gasteiger partial charge in [0.2, 0.25) is 5.91 Å². The predicted octanol–water partition coefficient (Wildman–Crippen LogP) is 3.83. The molecule has 0 bridgehead atoms. The summed E-state index contributed by atoms with van der Waals surface area (Å²) in [5.74, 6) is 0.179. The van der Waals surface area contributed by atoms with E-state index < -0.39 is 0 Å². The summed E-state index contributed by atoms with van der Waals surface area (Å²) < 4.78 is 5.16. The van der Waals surface area contributed by atoms with Crippen LogP contribution in [0.5, 0.6) is 11.5 Å². The van der Waals surface area contributed by atoms with Crippen LogP contribution in [0.1, 0.15) is 15.9 Å². The Bertz CT molecular complexity index is 984. The minimum atomic E-state index is -0.339. The zero-order valence-electron chi connectivity index (χ0n) is 15.3. The lowest BCUT2D eigenvalue weighted by Gasteiger charge is -2.12. The molecule has 6 nitrogen and oxygen atoms in total. The summed E-state index contributed by atoms with van der Waals surface area (Å²) in [4.78, 5) is 25.0. The molecule has 2 amide bonds. The first kappa shape index (κ1) is 19.0. The molecular formula is C22H20N2O4. The first-order valence-corrected chi connectivity index (χ1v) is 8.67. The number of carbonyl (C=O) groups excluding carboxylic acids is 2. The van der Waals surface area contributed by atoms with Gasteiger partial charge in [0.25, 0.3) is 5.91 Å². The summed E-state index contributed by atoms with van der Waals surface area (Å²) in [5, 5.41) is 14.9. The molecule has 3 rings (SSSR count). The van der Waals surface area contributed by atoms with Crippen LogP contribution in [0.3, 0.4) is 0 Å². The summed E-state index contributed by atoms with van der Waals surface area (Å²) in [6.45, 7) is 0. The van der Waals surface area contributed by atoms with E-state index in [4.69, 9.17) is 4.74 Å². The summed E-state index contributed by atoms with van der Waals surface area (Å²) in [6.07, 6.45) is 0.131. The number of hydrogen-bond donors (Lipinski definition) is 3. The number of carbonyl (C=O) groups is 2. The fourth-order valence-corrected chi connectivity index (χ4v) is 2.68. The molecule has 0 saturated carbocycles. The Morgan fingerprint density at radius 2 is 1.68 bits per heavy atom. The number of nitrogens with one attached hydrogen (secondary N) is 2. The highest BCUT2D eigenvalue weighted by Gasteiger charge is 2.14. The fraction of sp³-hybridized carbons (Fsp3) is 0.0909. The average molecular weight is 376 g/mol. The lowest BCUT2D eigenvalue weighted by atomic mass is 10.1. The van der Waals surface area contributed by atoms with Gasteiger partial charge in [-0.25, -0.2) is 0 Å². The Balaban J connectivity index is 1.72. The number of amides is 2. The van der Waals surface area contributed by atoms with Crippen LogP contribution in [0, 0.1) is 0 Å². The lowest BCUT2D eigenvalue weighted by Crippen LogP contribution is -2.19. The van der Waals surface area contributed by atoms with Crippen molar-refractivity contribution in [2.45, 2.75) is 6.42 Å². The molecule has 0 aliphatic heterocycles. The Morgan fingerprint density at radius 1 is 0.929 bits per heavy atom. The zero-order chi connectivity index (χ0) is 19.9. The van der Waals surface area contributed by atoms with Crippen molar-refractivity contribution in [3.05, 3.63) is 83.9 Å². The molecule has 3 aromatic rings. The Morgan fingerprint density at radius 3 is 2.43 bits per heavy atom. The van der Waals surface area contributed by atoms with E-state index in [9.17, 15) is 14.7 Å². The zero-order valence-corrected chi connectivity index (χ0v) is 15.3. The van der Waals surface area contributed by atoms with Crippen molar-refractivity contribution in [1.29, 1.82) is 0 Å². The first-order valence-electron chi connectivity index (χ1n) is 8.67. The molecule has 0 unspecified atom stereocenters. The number of ether oxygens (including phenoxy) is 1. The summed E-state index contributed by atoms with van der Waals surface area (Å²) >= 11 is 0. The molecule has 6 heteroatoms. The van der Waals surface area contributed by atoms with E-state index in [-0.39, 0.29) is 24.0 Å².